The van der Waals surface area contributed by atoms with Crippen LogP contribution in [0.5, 0.6) is 5.75 Å². The molecule has 0 unspecified atom stereocenters. The molecule has 0 saturated carbocycles. The molecular formula is C19H18BrNO3. The highest BCUT2D eigenvalue weighted by atomic mass is 79.9. The number of halogens is 1. The van der Waals surface area contributed by atoms with Crippen LogP contribution in [0.2, 0.25) is 0 Å². The van der Waals surface area contributed by atoms with Crippen molar-refractivity contribution < 1.29 is 14.3 Å². The molecule has 0 fully saturated rings. The lowest BCUT2D eigenvalue weighted by atomic mass is 10.1. The van der Waals surface area contributed by atoms with Crippen LogP contribution in [0.25, 0.3) is 0 Å². The van der Waals surface area contributed by atoms with Crippen LogP contribution in [0.1, 0.15) is 27.0 Å². The van der Waals surface area contributed by atoms with Gasteiger partial charge in [0.25, 0.3) is 11.7 Å². The molecule has 1 amide bonds. The topological polar surface area (TPSA) is 46.6 Å². The predicted octanol–water partition coefficient (Wildman–Crippen LogP) is 3.98. The van der Waals surface area contributed by atoms with E-state index in [-0.39, 0.29) is 0 Å². The minimum Gasteiger partial charge on any atom is -0.491 e. The smallest absolute Gasteiger partial charge is 0.299 e. The van der Waals surface area contributed by atoms with Crippen LogP contribution in [-0.2, 0) is 4.79 Å². The first kappa shape index (κ1) is 16.7. The van der Waals surface area contributed by atoms with Gasteiger partial charge in [0.15, 0.2) is 0 Å². The van der Waals surface area contributed by atoms with Gasteiger partial charge in [0.2, 0.25) is 0 Å². The van der Waals surface area contributed by atoms with Crippen molar-refractivity contribution in [3.05, 3.63) is 57.1 Å². The molecule has 0 aromatic heterocycles. The number of fused-ring (bicyclic) bond motifs is 1. The van der Waals surface area contributed by atoms with Gasteiger partial charge in [-0.3, -0.25) is 9.59 Å². The number of hydrogen-bond acceptors (Lipinski definition) is 3. The van der Waals surface area contributed by atoms with Crippen molar-refractivity contribution in [1.29, 1.82) is 0 Å². The average molecular weight is 388 g/mol. The van der Waals surface area contributed by atoms with Crippen LogP contribution in [0.3, 0.4) is 0 Å². The van der Waals surface area contributed by atoms with Crippen LogP contribution in [0.15, 0.2) is 34.8 Å². The zero-order valence-corrected chi connectivity index (χ0v) is 15.4. The third kappa shape index (κ3) is 2.84. The number of aryl methyl sites for hydroxylation is 2. The standard InChI is InChI=1S/C19H18BrNO3/c1-11-9-14-17(15(20)10-11)21(19(23)18(14)22)7-8-24-16-6-4-5-12(2)13(16)3/h4-6,9-10H,7-8H2,1-3H3. The molecule has 0 saturated heterocycles. The van der Waals surface area contributed by atoms with Gasteiger partial charge in [0, 0.05) is 4.47 Å². The molecule has 1 heterocycles. The second kappa shape index (κ2) is 6.40. The van der Waals surface area contributed by atoms with E-state index in [2.05, 4.69) is 15.9 Å². The molecule has 0 spiro atoms. The number of hydrogen-bond donors (Lipinski definition) is 0. The van der Waals surface area contributed by atoms with Crippen LogP contribution < -0.4 is 9.64 Å². The SMILES string of the molecule is Cc1cc(Br)c2c(c1)C(=O)C(=O)N2CCOc1cccc(C)c1C. The van der Waals surface area contributed by atoms with Crippen molar-refractivity contribution in [1.82, 2.24) is 0 Å². The van der Waals surface area contributed by atoms with Gasteiger partial charge in [-0.25, -0.2) is 0 Å². The largest absolute Gasteiger partial charge is 0.491 e. The van der Waals surface area contributed by atoms with Crippen LogP contribution in [-0.4, -0.2) is 24.8 Å². The quantitative estimate of drug-likeness (QED) is 0.745. The van der Waals surface area contributed by atoms with E-state index < -0.39 is 11.7 Å². The van der Waals surface area contributed by atoms with Crippen molar-refractivity contribution in [3.63, 3.8) is 0 Å². The number of carbonyl (C=O) groups excluding carboxylic acids is 2. The molecule has 0 N–H and O–H groups in total. The number of amides is 1. The van der Waals surface area contributed by atoms with E-state index in [1.54, 1.807) is 6.07 Å². The van der Waals surface area contributed by atoms with E-state index in [0.29, 0.717) is 24.4 Å². The van der Waals surface area contributed by atoms with Crippen molar-refractivity contribution in [2.45, 2.75) is 20.8 Å². The Morgan fingerprint density at radius 1 is 1.12 bits per heavy atom. The Hall–Kier alpha value is -2.14. The number of benzene rings is 2. The molecule has 0 atom stereocenters. The molecule has 1 aliphatic heterocycles. The zero-order valence-electron chi connectivity index (χ0n) is 13.9. The Morgan fingerprint density at radius 2 is 1.88 bits per heavy atom. The minimum absolute atomic E-state index is 0.322. The van der Waals surface area contributed by atoms with Crippen molar-refractivity contribution in [2.75, 3.05) is 18.1 Å². The highest BCUT2D eigenvalue weighted by Gasteiger charge is 2.37. The second-order valence-electron chi connectivity index (χ2n) is 5.98. The van der Waals surface area contributed by atoms with E-state index in [4.69, 9.17) is 4.74 Å². The summed E-state index contributed by atoms with van der Waals surface area (Å²) >= 11 is 3.46. The Bertz CT molecular complexity index is 845. The lowest BCUT2D eigenvalue weighted by molar-refractivity contribution is -0.114. The summed E-state index contributed by atoms with van der Waals surface area (Å²) in [4.78, 5) is 26.0. The fourth-order valence-corrected chi connectivity index (χ4v) is 3.65. The fourth-order valence-electron chi connectivity index (χ4n) is 2.86. The van der Waals surface area contributed by atoms with Gasteiger partial charge in [0.05, 0.1) is 17.8 Å². The number of ether oxygens (including phenoxy) is 1. The Labute approximate surface area is 149 Å². The molecule has 3 rings (SSSR count). The van der Waals surface area contributed by atoms with Gasteiger partial charge < -0.3 is 9.64 Å². The normalized spacial score (nSPS) is 13.4. The van der Waals surface area contributed by atoms with Crippen LogP contribution >= 0.6 is 15.9 Å². The number of nitrogens with zero attached hydrogens (tertiary/aromatic N) is 1. The number of Topliss-reactive ketones (excluding diaryl/α,β-unsaturated/α-hetero) is 1. The van der Waals surface area contributed by atoms with E-state index in [1.165, 1.54) is 4.90 Å². The maximum atomic E-state index is 12.3. The summed E-state index contributed by atoms with van der Waals surface area (Å²) in [7, 11) is 0. The summed E-state index contributed by atoms with van der Waals surface area (Å²) in [5.41, 5.74) is 4.27. The maximum absolute atomic E-state index is 12.3. The van der Waals surface area contributed by atoms with Crippen molar-refractivity contribution >= 4 is 33.3 Å². The van der Waals surface area contributed by atoms with Gasteiger partial charge in [-0.2, -0.15) is 0 Å². The summed E-state index contributed by atoms with van der Waals surface area (Å²) in [6.07, 6.45) is 0. The Kier molecular flexibility index (Phi) is 4.45. The van der Waals surface area contributed by atoms with Gasteiger partial charge in [-0.05, 0) is 71.6 Å². The first-order chi connectivity index (χ1) is 11.4. The highest BCUT2D eigenvalue weighted by Crippen LogP contribution is 2.37. The third-order valence-electron chi connectivity index (χ3n) is 4.29. The first-order valence-electron chi connectivity index (χ1n) is 7.75. The molecule has 0 radical (unpaired) electrons. The number of anilines is 1. The van der Waals surface area contributed by atoms with E-state index in [0.717, 1.165) is 26.9 Å². The molecule has 0 aliphatic carbocycles. The molecule has 4 nitrogen and oxygen atoms in total. The second-order valence-corrected chi connectivity index (χ2v) is 6.83. The lowest BCUT2D eigenvalue weighted by Crippen LogP contribution is -2.33. The number of ketones is 1. The summed E-state index contributed by atoms with van der Waals surface area (Å²) in [5, 5.41) is 0. The maximum Gasteiger partial charge on any atom is 0.299 e. The Balaban J connectivity index is 1.78. The third-order valence-corrected chi connectivity index (χ3v) is 4.89. The zero-order chi connectivity index (χ0) is 17.4. The van der Waals surface area contributed by atoms with Crippen LogP contribution in [0.4, 0.5) is 5.69 Å². The fraction of sp³-hybridized carbons (Fsp3) is 0.263. The summed E-state index contributed by atoms with van der Waals surface area (Å²) in [5.74, 6) is -0.154. The van der Waals surface area contributed by atoms with Gasteiger partial charge >= 0.3 is 0 Å². The first-order valence-corrected chi connectivity index (χ1v) is 8.55. The Morgan fingerprint density at radius 3 is 2.62 bits per heavy atom. The van der Waals surface area contributed by atoms with E-state index in [1.807, 2.05) is 45.0 Å². The van der Waals surface area contributed by atoms with Crippen LogP contribution in [0, 0.1) is 20.8 Å². The summed E-state index contributed by atoms with van der Waals surface area (Å²) < 4.78 is 6.57. The van der Waals surface area contributed by atoms with Crippen molar-refractivity contribution in [2.24, 2.45) is 0 Å². The summed E-state index contributed by atoms with van der Waals surface area (Å²) in [6.45, 7) is 6.58. The lowest BCUT2D eigenvalue weighted by Gasteiger charge is -2.19. The molecule has 2 aromatic carbocycles. The summed E-state index contributed by atoms with van der Waals surface area (Å²) in [6, 6.07) is 9.54. The molecule has 0 bridgehead atoms. The van der Waals surface area contributed by atoms with E-state index >= 15 is 0 Å². The molecule has 2 aromatic rings. The monoisotopic (exact) mass is 387 g/mol. The van der Waals surface area contributed by atoms with Gasteiger partial charge in [-0.1, -0.05) is 12.1 Å². The molecule has 5 heteroatoms. The predicted molar refractivity (Wildman–Crippen MR) is 97.0 cm³/mol. The number of rotatable bonds is 4. The van der Waals surface area contributed by atoms with Crippen molar-refractivity contribution in [3.8, 4) is 5.75 Å². The number of carbonyl (C=O) groups is 2. The highest BCUT2D eigenvalue weighted by molar-refractivity contribution is 9.10. The molecule has 124 valence electrons. The molecule has 24 heavy (non-hydrogen) atoms. The molecular weight excluding hydrogens is 370 g/mol. The van der Waals surface area contributed by atoms with E-state index in [9.17, 15) is 9.59 Å². The van der Waals surface area contributed by atoms with Gasteiger partial charge in [0.1, 0.15) is 12.4 Å². The molecule has 1 aliphatic rings. The minimum atomic E-state index is -0.499. The van der Waals surface area contributed by atoms with Gasteiger partial charge in [-0.15, -0.1) is 0 Å². The average Bonchev–Trinajstić information content (AvgIpc) is 2.77.